The van der Waals surface area contributed by atoms with Crippen molar-refractivity contribution in [3.63, 3.8) is 0 Å². The number of thiophene rings is 1. The molecule has 1 saturated heterocycles. The summed E-state index contributed by atoms with van der Waals surface area (Å²) in [7, 11) is 0. The Hall–Kier alpha value is -2.61. The maximum atomic E-state index is 12.6. The van der Waals surface area contributed by atoms with Gasteiger partial charge in [0.2, 0.25) is 0 Å². The second kappa shape index (κ2) is 6.60. The molecular weight excluding hydrogens is 350 g/mol. The molecule has 0 bridgehead atoms. The number of nitrogens with zero attached hydrogens (tertiary/aromatic N) is 4. The first-order chi connectivity index (χ1) is 12.5. The van der Waals surface area contributed by atoms with Gasteiger partial charge in [-0.05, 0) is 32.3 Å². The second-order valence-corrected chi connectivity index (χ2v) is 7.80. The SMILES string of the molecule is Cc1sc2nc([C@H]3CCCN(C(=O)c4cnccn4)C3)[nH]c(=O)c2c1C. The van der Waals surface area contributed by atoms with Crippen LogP contribution in [0.4, 0.5) is 0 Å². The molecule has 0 aromatic carbocycles. The van der Waals surface area contributed by atoms with Gasteiger partial charge in [0.25, 0.3) is 11.5 Å². The van der Waals surface area contributed by atoms with E-state index in [-0.39, 0.29) is 17.4 Å². The van der Waals surface area contributed by atoms with E-state index in [0.717, 1.165) is 28.1 Å². The highest BCUT2D eigenvalue weighted by Gasteiger charge is 2.28. The van der Waals surface area contributed by atoms with E-state index < -0.39 is 0 Å². The molecule has 0 aliphatic carbocycles. The van der Waals surface area contributed by atoms with Gasteiger partial charge >= 0.3 is 0 Å². The smallest absolute Gasteiger partial charge is 0.274 e. The Bertz CT molecular complexity index is 1030. The van der Waals surface area contributed by atoms with Gasteiger partial charge in [-0.25, -0.2) is 9.97 Å². The van der Waals surface area contributed by atoms with Crippen molar-refractivity contribution in [2.75, 3.05) is 13.1 Å². The zero-order chi connectivity index (χ0) is 18.3. The fourth-order valence-corrected chi connectivity index (χ4v) is 4.46. The average molecular weight is 369 g/mol. The standard InChI is InChI=1S/C18H19N5O2S/c1-10-11(2)26-17-14(10)16(24)21-15(22-17)12-4-3-7-23(9-12)18(25)13-8-19-5-6-20-13/h5-6,8,12H,3-4,7,9H2,1-2H3,(H,21,22,24)/t12-/m0/s1. The third-order valence-electron chi connectivity index (χ3n) is 4.93. The van der Waals surface area contributed by atoms with E-state index in [2.05, 4.69) is 15.0 Å². The summed E-state index contributed by atoms with van der Waals surface area (Å²) in [5.41, 5.74) is 1.24. The summed E-state index contributed by atoms with van der Waals surface area (Å²) >= 11 is 1.55. The van der Waals surface area contributed by atoms with Crippen molar-refractivity contribution in [1.29, 1.82) is 0 Å². The van der Waals surface area contributed by atoms with E-state index >= 15 is 0 Å². The van der Waals surface area contributed by atoms with E-state index in [0.29, 0.717) is 30.0 Å². The van der Waals surface area contributed by atoms with Crippen LogP contribution in [0.1, 0.15) is 45.5 Å². The molecule has 8 heteroatoms. The van der Waals surface area contributed by atoms with E-state index in [1.165, 1.54) is 12.4 Å². The molecule has 1 atom stereocenters. The van der Waals surface area contributed by atoms with Crippen LogP contribution in [-0.2, 0) is 0 Å². The summed E-state index contributed by atoms with van der Waals surface area (Å²) in [6, 6.07) is 0. The summed E-state index contributed by atoms with van der Waals surface area (Å²) in [5, 5.41) is 0.680. The minimum Gasteiger partial charge on any atom is -0.337 e. The van der Waals surface area contributed by atoms with Crippen LogP contribution in [0.5, 0.6) is 0 Å². The Balaban J connectivity index is 1.63. The van der Waals surface area contributed by atoms with Crippen LogP contribution in [0.3, 0.4) is 0 Å². The molecule has 7 nitrogen and oxygen atoms in total. The zero-order valence-electron chi connectivity index (χ0n) is 14.7. The number of carbonyl (C=O) groups is 1. The predicted octanol–water partition coefficient (Wildman–Crippen LogP) is 2.41. The van der Waals surface area contributed by atoms with Gasteiger partial charge in [-0.3, -0.25) is 14.6 Å². The number of hydrogen-bond acceptors (Lipinski definition) is 6. The number of aromatic nitrogens is 4. The number of aromatic amines is 1. The van der Waals surface area contributed by atoms with Crippen molar-refractivity contribution in [3.05, 3.63) is 50.9 Å². The Morgan fingerprint density at radius 3 is 2.96 bits per heavy atom. The van der Waals surface area contributed by atoms with E-state index in [9.17, 15) is 9.59 Å². The van der Waals surface area contributed by atoms with Crippen molar-refractivity contribution in [2.24, 2.45) is 0 Å². The number of piperidine rings is 1. The first kappa shape index (κ1) is 16.8. The van der Waals surface area contributed by atoms with Crippen LogP contribution < -0.4 is 5.56 Å². The molecule has 1 fully saturated rings. The second-order valence-electron chi connectivity index (χ2n) is 6.60. The van der Waals surface area contributed by atoms with Gasteiger partial charge in [0, 0.05) is 36.3 Å². The van der Waals surface area contributed by atoms with Crippen LogP contribution in [0.15, 0.2) is 23.4 Å². The Kier molecular flexibility index (Phi) is 4.28. The quantitative estimate of drug-likeness (QED) is 0.749. The molecule has 0 radical (unpaired) electrons. The number of nitrogens with one attached hydrogen (secondary N) is 1. The van der Waals surface area contributed by atoms with Crippen LogP contribution in [-0.4, -0.2) is 43.8 Å². The summed E-state index contributed by atoms with van der Waals surface area (Å²) in [6.07, 6.45) is 6.30. The van der Waals surface area contributed by atoms with Crippen LogP contribution in [0, 0.1) is 13.8 Å². The third kappa shape index (κ3) is 2.90. The summed E-state index contributed by atoms with van der Waals surface area (Å²) in [6.45, 7) is 5.15. The Morgan fingerprint density at radius 1 is 1.35 bits per heavy atom. The van der Waals surface area contributed by atoms with Crippen LogP contribution in [0.2, 0.25) is 0 Å². The van der Waals surface area contributed by atoms with Gasteiger partial charge in [-0.1, -0.05) is 0 Å². The van der Waals surface area contributed by atoms with Gasteiger partial charge in [0.1, 0.15) is 16.3 Å². The summed E-state index contributed by atoms with van der Waals surface area (Å²) in [4.78, 5) is 44.5. The molecule has 4 rings (SSSR count). The summed E-state index contributed by atoms with van der Waals surface area (Å²) < 4.78 is 0. The monoisotopic (exact) mass is 369 g/mol. The Morgan fingerprint density at radius 2 is 2.19 bits per heavy atom. The van der Waals surface area contributed by atoms with Crippen molar-refractivity contribution >= 4 is 27.5 Å². The largest absolute Gasteiger partial charge is 0.337 e. The fourth-order valence-electron chi connectivity index (χ4n) is 3.42. The molecule has 3 aromatic rings. The zero-order valence-corrected chi connectivity index (χ0v) is 15.5. The van der Waals surface area contributed by atoms with Gasteiger partial charge in [0.15, 0.2) is 0 Å². The molecule has 1 amide bonds. The normalized spacial score (nSPS) is 17.6. The first-order valence-corrected chi connectivity index (χ1v) is 9.41. The molecule has 4 heterocycles. The maximum Gasteiger partial charge on any atom is 0.274 e. The van der Waals surface area contributed by atoms with Gasteiger partial charge in [-0.15, -0.1) is 11.3 Å². The molecular formula is C18H19N5O2S. The Labute approximate surface area is 154 Å². The van der Waals surface area contributed by atoms with E-state index in [1.807, 2.05) is 13.8 Å². The number of aryl methyl sites for hydroxylation is 2. The minimum absolute atomic E-state index is 0.0178. The summed E-state index contributed by atoms with van der Waals surface area (Å²) in [5.74, 6) is 0.554. The molecule has 134 valence electrons. The number of carbonyl (C=O) groups excluding carboxylic acids is 1. The van der Waals surface area contributed by atoms with Crippen LogP contribution in [0.25, 0.3) is 10.2 Å². The van der Waals surface area contributed by atoms with Crippen molar-refractivity contribution in [2.45, 2.75) is 32.6 Å². The lowest BCUT2D eigenvalue weighted by atomic mass is 9.97. The predicted molar refractivity (Wildman–Crippen MR) is 99.6 cm³/mol. The lowest BCUT2D eigenvalue weighted by Gasteiger charge is -2.31. The average Bonchev–Trinajstić information content (AvgIpc) is 2.96. The molecule has 0 unspecified atom stereocenters. The number of amides is 1. The number of hydrogen-bond donors (Lipinski definition) is 1. The molecule has 0 spiro atoms. The molecule has 3 aromatic heterocycles. The highest BCUT2D eigenvalue weighted by atomic mass is 32.1. The van der Waals surface area contributed by atoms with Gasteiger partial charge in [0.05, 0.1) is 11.6 Å². The highest BCUT2D eigenvalue weighted by Crippen LogP contribution is 2.29. The maximum absolute atomic E-state index is 12.6. The first-order valence-electron chi connectivity index (χ1n) is 8.60. The number of likely N-dealkylation sites (tertiary alicyclic amines) is 1. The van der Waals surface area contributed by atoms with Gasteiger partial charge < -0.3 is 9.88 Å². The molecule has 1 aliphatic heterocycles. The van der Waals surface area contributed by atoms with E-state index in [1.54, 1.807) is 22.4 Å². The fraction of sp³-hybridized carbons (Fsp3) is 0.389. The minimum atomic E-state index is -0.131. The number of H-pyrrole nitrogens is 1. The van der Waals surface area contributed by atoms with E-state index in [4.69, 9.17) is 4.98 Å². The molecule has 1 N–H and O–H groups in total. The molecule has 0 saturated carbocycles. The highest BCUT2D eigenvalue weighted by molar-refractivity contribution is 7.18. The van der Waals surface area contributed by atoms with Crippen molar-refractivity contribution in [3.8, 4) is 0 Å². The number of fused-ring (bicyclic) bond motifs is 1. The van der Waals surface area contributed by atoms with Crippen LogP contribution >= 0.6 is 11.3 Å². The lowest BCUT2D eigenvalue weighted by Crippen LogP contribution is -2.40. The number of rotatable bonds is 2. The third-order valence-corrected chi connectivity index (χ3v) is 6.04. The molecule has 1 aliphatic rings. The van der Waals surface area contributed by atoms with Gasteiger partial charge in [-0.2, -0.15) is 0 Å². The topological polar surface area (TPSA) is 91.8 Å². The van der Waals surface area contributed by atoms with Crippen molar-refractivity contribution in [1.82, 2.24) is 24.8 Å². The molecule has 26 heavy (non-hydrogen) atoms. The van der Waals surface area contributed by atoms with Crippen molar-refractivity contribution < 1.29 is 4.79 Å². The lowest BCUT2D eigenvalue weighted by molar-refractivity contribution is 0.0698.